The van der Waals surface area contributed by atoms with Crippen LogP contribution in [0.25, 0.3) is 0 Å². The Morgan fingerprint density at radius 3 is 2.44 bits per heavy atom. The summed E-state index contributed by atoms with van der Waals surface area (Å²) in [5.41, 5.74) is 0. The lowest BCUT2D eigenvalue weighted by Gasteiger charge is -2.22. The first kappa shape index (κ1) is 13.6. The van der Waals surface area contributed by atoms with Crippen molar-refractivity contribution in [1.82, 2.24) is 5.32 Å². The molecule has 0 bridgehead atoms. The Balaban J connectivity index is 0.00000128. The SMILES string of the molecule is Cl.Clc1ccc(OCC2CCNCC2)cc1. The van der Waals surface area contributed by atoms with Crippen LogP contribution < -0.4 is 10.1 Å². The van der Waals surface area contributed by atoms with Gasteiger partial charge in [0.05, 0.1) is 6.61 Å². The predicted molar refractivity (Wildman–Crippen MR) is 69.8 cm³/mol. The van der Waals surface area contributed by atoms with Gasteiger partial charge in [0.2, 0.25) is 0 Å². The molecule has 0 spiro atoms. The highest BCUT2D eigenvalue weighted by molar-refractivity contribution is 6.30. The van der Waals surface area contributed by atoms with E-state index in [0.717, 1.165) is 30.5 Å². The van der Waals surface area contributed by atoms with Gasteiger partial charge in [0.15, 0.2) is 0 Å². The molecule has 0 saturated carbocycles. The zero-order valence-electron chi connectivity index (χ0n) is 9.12. The standard InChI is InChI=1S/C12H16ClNO.ClH/c13-11-1-3-12(4-2-11)15-9-10-5-7-14-8-6-10;/h1-4,10,14H,5-9H2;1H. The van der Waals surface area contributed by atoms with Gasteiger partial charge in [-0.3, -0.25) is 0 Å². The van der Waals surface area contributed by atoms with Crippen LogP contribution in [0.2, 0.25) is 5.02 Å². The van der Waals surface area contributed by atoms with Crippen LogP contribution in [0.1, 0.15) is 12.8 Å². The normalized spacial score (nSPS) is 16.6. The third-order valence-corrected chi connectivity index (χ3v) is 3.01. The Morgan fingerprint density at radius 1 is 1.19 bits per heavy atom. The molecule has 2 rings (SSSR count). The maximum atomic E-state index is 5.80. The van der Waals surface area contributed by atoms with Crippen molar-refractivity contribution in [2.75, 3.05) is 19.7 Å². The van der Waals surface area contributed by atoms with Crippen LogP contribution in [-0.2, 0) is 0 Å². The van der Waals surface area contributed by atoms with Crippen LogP contribution in [-0.4, -0.2) is 19.7 Å². The Morgan fingerprint density at radius 2 is 1.81 bits per heavy atom. The lowest BCUT2D eigenvalue weighted by atomic mass is 9.99. The van der Waals surface area contributed by atoms with Crippen LogP contribution >= 0.6 is 24.0 Å². The van der Waals surface area contributed by atoms with Crippen molar-refractivity contribution in [2.24, 2.45) is 5.92 Å². The maximum Gasteiger partial charge on any atom is 0.119 e. The van der Waals surface area contributed by atoms with Crippen LogP contribution in [0.5, 0.6) is 5.75 Å². The molecule has 2 nitrogen and oxygen atoms in total. The van der Waals surface area contributed by atoms with Gasteiger partial charge >= 0.3 is 0 Å². The molecule has 0 radical (unpaired) electrons. The summed E-state index contributed by atoms with van der Waals surface area (Å²) in [6, 6.07) is 7.56. The van der Waals surface area contributed by atoms with Crippen LogP contribution in [0, 0.1) is 5.92 Å². The number of benzene rings is 1. The third-order valence-electron chi connectivity index (χ3n) is 2.76. The van der Waals surface area contributed by atoms with Crippen molar-refractivity contribution < 1.29 is 4.74 Å². The van der Waals surface area contributed by atoms with Gasteiger partial charge in [-0.1, -0.05) is 11.6 Å². The molecule has 0 amide bonds. The molecule has 1 aliphatic heterocycles. The average Bonchev–Trinajstić information content (AvgIpc) is 2.30. The number of halogens is 2. The van der Waals surface area contributed by atoms with Crippen molar-refractivity contribution in [1.29, 1.82) is 0 Å². The lowest BCUT2D eigenvalue weighted by Crippen LogP contribution is -2.30. The summed E-state index contributed by atoms with van der Waals surface area (Å²) in [5.74, 6) is 1.61. The average molecular weight is 262 g/mol. The Hall–Kier alpha value is -0.440. The lowest BCUT2D eigenvalue weighted by molar-refractivity contribution is 0.215. The molecular weight excluding hydrogens is 245 g/mol. The second-order valence-electron chi connectivity index (χ2n) is 3.96. The van der Waals surface area contributed by atoms with E-state index in [9.17, 15) is 0 Å². The fourth-order valence-electron chi connectivity index (χ4n) is 1.79. The second kappa shape index (κ2) is 7.00. The monoisotopic (exact) mass is 261 g/mol. The van der Waals surface area contributed by atoms with Gasteiger partial charge in [0, 0.05) is 5.02 Å². The Kier molecular flexibility index (Phi) is 5.96. The topological polar surface area (TPSA) is 21.3 Å². The van der Waals surface area contributed by atoms with Crippen molar-refractivity contribution in [3.63, 3.8) is 0 Å². The van der Waals surface area contributed by atoms with Crippen LogP contribution in [0.15, 0.2) is 24.3 Å². The molecule has 1 heterocycles. The molecule has 1 N–H and O–H groups in total. The van der Waals surface area contributed by atoms with Gasteiger partial charge in [0.25, 0.3) is 0 Å². The molecule has 1 aromatic carbocycles. The largest absolute Gasteiger partial charge is 0.493 e. The molecule has 0 unspecified atom stereocenters. The van der Waals surface area contributed by atoms with Crippen molar-refractivity contribution >= 4 is 24.0 Å². The minimum atomic E-state index is 0. The summed E-state index contributed by atoms with van der Waals surface area (Å²) in [7, 11) is 0. The molecule has 16 heavy (non-hydrogen) atoms. The number of ether oxygens (including phenoxy) is 1. The number of piperidine rings is 1. The van der Waals surface area contributed by atoms with Crippen LogP contribution in [0.4, 0.5) is 0 Å². The summed E-state index contributed by atoms with van der Waals surface area (Å²) in [4.78, 5) is 0. The smallest absolute Gasteiger partial charge is 0.119 e. The van der Waals surface area contributed by atoms with Gasteiger partial charge < -0.3 is 10.1 Å². The summed E-state index contributed by atoms with van der Waals surface area (Å²) < 4.78 is 5.71. The van der Waals surface area contributed by atoms with Gasteiger partial charge in [-0.25, -0.2) is 0 Å². The summed E-state index contributed by atoms with van der Waals surface area (Å²) in [6.07, 6.45) is 2.43. The zero-order chi connectivity index (χ0) is 10.5. The highest BCUT2D eigenvalue weighted by Gasteiger charge is 2.13. The van der Waals surface area contributed by atoms with E-state index in [0.29, 0.717) is 5.92 Å². The summed E-state index contributed by atoms with van der Waals surface area (Å²) >= 11 is 5.80. The van der Waals surface area contributed by atoms with E-state index in [-0.39, 0.29) is 12.4 Å². The second-order valence-corrected chi connectivity index (χ2v) is 4.39. The Bertz CT molecular complexity index is 296. The van der Waals surface area contributed by atoms with E-state index in [1.54, 1.807) is 0 Å². The number of hydrogen-bond acceptors (Lipinski definition) is 2. The maximum absolute atomic E-state index is 5.80. The molecule has 90 valence electrons. The van der Waals surface area contributed by atoms with Crippen molar-refractivity contribution in [3.8, 4) is 5.75 Å². The van der Waals surface area contributed by atoms with Gasteiger partial charge in [0.1, 0.15) is 5.75 Å². The minimum absolute atomic E-state index is 0. The van der Waals surface area contributed by atoms with Crippen molar-refractivity contribution in [2.45, 2.75) is 12.8 Å². The number of hydrogen-bond donors (Lipinski definition) is 1. The molecule has 1 fully saturated rings. The molecule has 0 atom stereocenters. The van der Waals surface area contributed by atoms with E-state index in [4.69, 9.17) is 16.3 Å². The molecule has 1 saturated heterocycles. The first-order chi connectivity index (χ1) is 7.34. The van der Waals surface area contributed by atoms with Gasteiger partial charge in [-0.15, -0.1) is 12.4 Å². The minimum Gasteiger partial charge on any atom is -0.493 e. The van der Waals surface area contributed by atoms with E-state index < -0.39 is 0 Å². The number of rotatable bonds is 3. The zero-order valence-corrected chi connectivity index (χ0v) is 10.7. The summed E-state index contributed by atoms with van der Waals surface area (Å²) in [5, 5.41) is 4.10. The molecule has 0 aromatic heterocycles. The van der Waals surface area contributed by atoms with Gasteiger partial charge in [-0.05, 0) is 56.1 Å². The highest BCUT2D eigenvalue weighted by Crippen LogP contribution is 2.18. The third kappa shape index (κ3) is 4.20. The first-order valence-corrected chi connectivity index (χ1v) is 5.81. The molecular formula is C12H17Cl2NO. The quantitative estimate of drug-likeness (QED) is 0.903. The van der Waals surface area contributed by atoms with E-state index >= 15 is 0 Å². The van der Waals surface area contributed by atoms with Crippen molar-refractivity contribution in [3.05, 3.63) is 29.3 Å². The van der Waals surface area contributed by atoms with E-state index in [2.05, 4.69) is 5.32 Å². The van der Waals surface area contributed by atoms with E-state index in [1.165, 1.54) is 12.8 Å². The first-order valence-electron chi connectivity index (χ1n) is 5.44. The Labute approximate surface area is 108 Å². The van der Waals surface area contributed by atoms with Gasteiger partial charge in [-0.2, -0.15) is 0 Å². The highest BCUT2D eigenvalue weighted by atomic mass is 35.5. The molecule has 4 heteroatoms. The number of nitrogens with one attached hydrogen (secondary N) is 1. The fourth-order valence-corrected chi connectivity index (χ4v) is 1.92. The fraction of sp³-hybridized carbons (Fsp3) is 0.500. The van der Waals surface area contributed by atoms with Crippen LogP contribution in [0.3, 0.4) is 0 Å². The predicted octanol–water partition coefficient (Wildman–Crippen LogP) is 3.14. The molecule has 1 aromatic rings. The summed E-state index contributed by atoms with van der Waals surface area (Å²) in [6.45, 7) is 3.06. The molecule has 0 aliphatic carbocycles. The molecule has 1 aliphatic rings. The van der Waals surface area contributed by atoms with E-state index in [1.807, 2.05) is 24.3 Å².